The van der Waals surface area contributed by atoms with Crippen molar-refractivity contribution in [2.45, 2.75) is 20.8 Å². The van der Waals surface area contributed by atoms with Crippen molar-refractivity contribution in [1.82, 2.24) is 10.2 Å². The first-order valence-corrected chi connectivity index (χ1v) is 5.61. The molecule has 1 fully saturated rings. The lowest BCUT2D eigenvalue weighted by Gasteiger charge is -2.35. The second-order valence-corrected chi connectivity index (χ2v) is 4.95. The topological polar surface area (TPSA) is 32.3 Å². The molecule has 1 aliphatic heterocycles. The van der Waals surface area contributed by atoms with Crippen molar-refractivity contribution in [2.75, 3.05) is 26.2 Å². The van der Waals surface area contributed by atoms with E-state index in [0.29, 0.717) is 5.92 Å². The molecule has 86 valence electrons. The smallest absolute Gasteiger partial charge is 0.246 e. The normalized spacial score (nSPS) is 27.6. The number of rotatable bonds is 2. The van der Waals surface area contributed by atoms with Crippen LogP contribution in [0.5, 0.6) is 0 Å². The minimum atomic E-state index is 0.0468. The Kier molecular flexibility index (Phi) is 3.91. The number of nitrogens with zero attached hydrogens (tertiary/aromatic N) is 1. The van der Waals surface area contributed by atoms with E-state index < -0.39 is 0 Å². The van der Waals surface area contributed by atoms with Crippen molar-refractivity contribution >= 4 is 5.91 Å². The van der Waals surface area contributed by atoms with Crippen LogP contribution < -0.4 is 5.32 Å². The summed E-state index contributed by atoms with van der Waals surface area (Å²) in [6.45, 7) is 13.7. The van der Waals surface area contributed by atoms with Crippen molar-refractivity contribution in [2.24, 2.45) is 11.3 Å². The first-order valence-electron chi connectivity index (χ1n) is 5.61. The summed E-state index contributed by atoms with van der Waals surface area (Å²) < 4.78 is 0. The van der Waals surface area contributed by atoms with Gasteiger partial charge in [0.25, 0.3) is 0 Å². The number of hydrogen-bond acceptors (Lipinski definition) is 2. The van der Waals surface area contributed by atoms with Crippen LogP contribution in [0.15, 0.2) is 12.7 Å². The Morgan fingerprint density at radius 2 is 2.27 bits per heavy atom. The summed E-state index contributed by atoms with van der Waals surface area (Å²) in [5, 5.41) is 3.40. The largest absolute Gasteiger partial charge is 0.337 e. The highest BCUT2D eigenvalue weighted by Gasteiger charge is 2.33. The van der Waals surface area contributed by atoms with E-state index in [2.05, 4.69) is 32.7 Å². The molecule has 1 saturated heterocycles. The predicted octanol–water partition coefficient (Wildman–Crippen LogP) is 1.27. The van der Waals surface area contributed by atoms with Gasteiger partial charge < -0.3 is 10.2 Å². The molecule has 1 aliphatic rings. The van der Waals surface area contributed by atoms with Crippen LogP contribution in [-0.2, 0) is 4.79 Å². The summed E-state index contributed by atoms with van der Waals surface area (Å²) in [6, 6.07) is 0. The van der Waals surface area contributed by atoms with Crippen LogP contribution in [0.4, 0.5) is 0 Å². The Balaban J connectivity index is 2.77. The highest BCUT2D eigenvalue weighted by Crippen LogP contribution is 2.28. The molecule has 1 N–H and O–H groups in total. The zero-order valence-electron chi connectivity index (χ0n) is 10.0. The van der Waals surface area contributed by atoms with Gasteiger partial charge in [-0.1, -0.05) is 27.4 Å². The van der Waals surface area contributed by atoms with Crippen LogP contribution in [0.1, 0.15) is 20.8 Å². The highest BCUT2D eigenvalue weighted by atomic mass is 16.2. The van der Waals surface area contributed by atoms with Crippen molar-refractivity contribution in [3.63, 3.8) is 0 Å². The molecule has 0 aromatic heterocycles. The molecular formula is C12H22N2O. The Hall–Kier alpha value is -0.830. The van der Waals surface area contributed by atoms with Gasteiger partial charge in [-0.2, -0.15) is 0 Å². The number of amides is 1. The van der Waals surface area contributed by atoms with E-state index in [1.165, 1.54) is 6.08 Å². The maximum Gasteiger partial charge on any atom is 0.246 e. The van der Waals surface area contributed by atoms with E-state index in [9.17, 15) is 4.79 Å². The Morgan fingerprint density at radius 3 is 2.80 bits per heavy atom. The number of carbonyl (C=O) groups excluding carboxylic acids is 1. The molecule has 1 heterocycles. The Bertz CT molecular complexity index is 250. The van der Waals surface area contributed by atoms with Crippen molar-refractivity contribution < 1.29 is 4.79 Å². The standard InChI is InChI=1S/C12H22N2O/c1-5-11(15)14-7-6-13-8-12(4,9-14)10(2)3/h5,10,13H,1,6-9H2,2-4H3. The predicted molar refractivity (Wildman–Crippen MR) is 62.6 cm³/mol. The minimum absolute atomic E-state index is 0.0468. The third-order valence-corrected chi connectivity index (χ3v) is 3.52. The molecule has 0 aromatic rings. The first-order chi connectivity index (χ1) is 6.99. The summed E-state index contributed by atoms with van der Waals surface area (Å²) in [7, 11) is 0. The number of nitrogens with one attached hydrogen (secondary N) is 1. The van der Waals surface area contributed by atoms with Crippen LogP contribution in [-0.4, -0.2) is 37.0 Å². The molecule has 0 radical (unpaired) electrons. The Labute approximate surface area is 92.5 Å². The molecule has 0 aromatic carbocycles. The molecule has 0 saturated carbocycles. The van der Waals surface area contributed by atoms with Gasteiger partial charge in [-0.15, -0.1) is 0 Å². The van der Waals surface area contributed by atoms with E-state index in [4.69, 9.17) is 0 Å². The molecule has 1 atom stereocenters. The van der Waals surface area contributed by atoms with E-state index >= 15 is 0 Å². The quantitative estimate of drug-likeness (QED) is 0.696. The van der Waals surface area contributed by atoms with Gasteiger partial charge in [0, 0.05) is 26.2 Å². The van der Waals surface area contributed by atoms with Gasteiger partial charge in [0.1, 0.15) is 0 Å². The molecule has 0 spiro atoms. The summed E-state index contributed by atoms with van der Waals surface area (Å²) in [5.74, 6) is 0.605. The number of carbonyl (C=O) groups is 1. The SMILES string of the molecule is C=CC(=O)N1CCNCC(C)(C(C)C)C1. The van der Waals surface area contributed by atoms with Crippen LogP contribution in [0.25, 0.3) is 0 Å². The molecule has 0 bridgehead atoms. The summed E-state index contributed by atoms with van der Waals surface area (Å²) in [6.07, 6.45) is 1.41. The fourth-order valence-electron chi connectivity index (χ4n) is 1.86. The molecular weight excluding hydrogens is 188 g/mol. The summed E-state index contributed by atoms with van der Waals surface area (Å²) in [5.41, 5.74) is 0.162. The first kappa shape index (κ1) is 12.2. The summed E-state index contributed by atoms with van der Waals surface area (Å²) in [4.78, 5) is 13.5. The van der Waals surface area contributed by atoms with Gasteiger partial charge >= 0.3 is 0 Å². The van der Waals surface area contributed by atoms with Gasteiger partial charge in [0.05, 0.1) is 0 Å². The molecule has 1 unspecified atom stereocenters. The average Bonchev–Trinajstić information content (AvgIpc) is 2.40. The van der Waals surface area contributed by atoms with E-state index in [1.807, 2.05) is 4.90 Å². The molecule has 3 nitrogen and oxygen atoms in total. The van der Waals surface area contributed by atoms with Crippen molar-refractivity contribution in [1.29, 1.82) is 0 Å². The van der Waals surface area contributed by atoms with Crippen LogP contribution in [0.3, 0.4) is 0 Å². The zero-order valence-corrected chi connectivity index (χ0v) is 10.0. The second-order valence-electron chi connectivity index (χ2n) is 4.95. The van der Waals surface area contributed by atoms with Crippen LogP contribution >= 0.6 is 0 Å². The van der Waals surface area contributed by atoms with Crippen molar-refractivity contribution in [3.05, 3.63) is 12.7 Å². The third-order valence-electron chi connectivity index (χ3n) is 3.52. The lowest BCUT2D eigenvalue weighted by atomic mass is 9.78. The minimum Gasteiger partial charge on any atom is -0.337 e. The van der Waals surface area contributed by atoms with Gasteiger partial charge in [-0.05, 0) is 17.4 Å². The maximum atomic E-state index is 11.6. The number of hydrogen-bond donors (Lipinski definition) is 1. The fraction of sp³-hybridized carbons (Fsp3) is 0.750. The molecule has 1 rings (SSSR count). The van der Waals surface area contributed by atoms with E-state index in [0.717, 1.165) is 26.2 Å². The average molecular weight is 210 g/mol. The lowest BCUT2D eigenvalue weighted by molar-refractivity contribution is -0.127. The van der Waals surface area contributed by atoms with Crippen molar-refractivity contribution in [3.8, 4) is 0 Å². The van der Waals surface area contributed by atoms with Crippen LogP contribution in [0.2, 0.25) is 0 Å². The monoisotopic (exact) mass is 210 g/mol. The van der Waals surface area contributed by atoms with Gasteiger partial charge in [0.15, 0.2) is 0 Å². The molecule has 3 heteroatoms. The molecule has 1 amide bonds. The fourth-order valence-corrected chi connectivity index (χ4v) is 1.86. The Morgan fingerprint density at radius 1 is 1.60 bits per heavy atom. The lowest BCUT2D eigenvalue weighted by Crippen LogP contribution is -2.43. The second kappa shape index (κ2) is 4.79. The highest BCUT2D eigenvalue weighted by molar-refractivity contribution is 5.87. The maximum absolute atomic E-state index is 11.6. The van der Waals surface area contributed by atoms with Gasteiger partial charge in [-0.25, -0.2) is 0 Å². The zero-order chi connectivity index (χ0) is 11.5. The summed E-state index contributed by atoms with van der Waals surface area (Å²) >= 11 is 0. The molecule has 15 heavy (non-hydrogen) atoms. The molecule has 0 aliphatic carbocycles. The van der Waals surface area contributed by atoms with E-state index in [-0.39, 0.29) is 11.3 Å². The van der Waals surface area contributed by atoms with Gasteiger partial charge in [0.2, 0.25) is 5.91 Å². The third kappa shape index (κ3) is 2.81. The van der Waals surface area contributed by atoms with Gasteiger partial charge in [-0.3, -0.25) is 4.79 Å². The van der Waals surface area contributed by atoms with Crippen LogP contribution in [0, 0.1) is 11.3 Å². The van der Waals surface area contributed by atoms with E-state index in [1.54, 1.807) is 0 Å².